The van der Waals surface area contributed by atoms with Gasteiger partial charge in [-0.05, 0) is 11.6 Å². The molecule has 0 aliphatic rings. The van der Waals surface area contributed by atoms with Gasteiger partial charge in [-0.3, -0.25) is 9.59 Å². The Bertz CT molecular complexity index is 660. The molecule has 0 aliphatic heterocycles. The Morgan fingerprint density at radius 3 is 2.90 bits per heavy atom. The van der Waals surface area contributed by atoms with Gasteiger partial charge < -0.3 is 10.3 Å². The van der Waals surface area contributed by atoms with Gasteiger partial charge in [0, 0.05) is 23.8 Å². The maximum atomic E-state index is 11.7. The Hall–Kier alpha value is -1.79. The number of aromatic nitrogens is 2. The number of benzene rings is 1. The summed E-state index contributed by atoms with van der Waals surface area (Å²) < 4.78 is 0. The third kappa shape index (κ3) is 4.40. The van der Waals surface area contributed by atoms with Crippen LogP contribution >= 0.6 is 23.4 Å². The summed E-state index contributed by atoms with van der Waals surface area (Å²) in [6.07, 6.45) is 1.41. The van der Waals surface area contributed by atoms with Crippen LogP contribution in [0.3, 0.4) is 0 Å². The molecule has 7 heteroatoms. The van der Waals surface area contributed by atoms with E-state index in [1.807, 2.05) is 18.2 Å². The normalized spacial score (nSPS) is 10.2. The van der Waals surface area contributed by atoms with E-state index >= 15 is 0 Å². The molecule has 2 aromatic rings. The van der Waals surface area contributed by atoms with Gasteiger partial charge in [0.15, 0.2) is 5.16 Å². The molecule has 1 aromatic heterocycles. The van der Waals surface area contributed by atoms with Crippen LogP contribution in [0, 0.1) is 0 Å². The van der Waals surface area contributed by atoms with Crippen molar-refractivity contribution in [2.75, 3.05) is 5.75 Å². The molecule has 2 N–H and O–H groups in total. The van der Waals surface area contributed by atoms with Gasteiger partial charge in [0.1, 0.15) is 0 Å². The van der Waals surface area contributed by atoms with E-state index in [0.29, 0.717) is 16.7 Å². The number of amides is 1. The summed E-state index contributed by atoms with van der Waals surface area (Å²) in [5.74, 6) is 0.0265. The summed E-state index contributed by atoms with van der Waals surface area (Å²) in [7, 11) is 0. The van der Waals surface area contributed by atoms with Crippen molar-refractivity contribution in [2.45, 2.75) is 11.7 Å². The fraction of sp³-hybridized carbons (Fsp3) is 0.154. The van der Waals surface area contributed by atoms with Crippen LogP contribution in [0.2, 0.25) is 5.02 Å². The van der Waals surface area contributed by atoms with Gasteiger partial charge in [-0.15, -0.1) is 0 Å². The Morgan fingerprint density at radius 2 is 2.15 bits per heavy atom. The number of H-pyrrole nitrogens is 1. The summed E-state index contributed by atoms with van der Waals surface area (Å²) in [6, 6.07) is 8.64. The molecular formula is C13H12ClN3O2S. The van der Waals surface area contributed by atoms with Gasteiger partial charge >= 0.3 is 0 Å². The molecule has 0 radical (unpaired) electrons. The zero-order valence-electron chi connectivity index (χ0n) is 10.4. The van der Waals surface area contributed by atoms with Crippen LogP contribution in [-0.2, 0) is 11.3 Å². The average molecular weight is 310 g/mol. The molecule has 20 heavy (non-hydrogen) atoms. The minimum Gasteiger partial charge on any atom is -0.351 e. The highest BCUT2D eigenvalue weighted by atomic mass is 35.5. The number of rotatable bonds is 5. The van der Waals surface area contributed by atoms with Crippen molar-refractivity contribution in [1.29, 1.82) is 0 Å². The van der Waals surface area contributed by atoms with E-state index in [4.69, 9.17) is 11.6 Å². The van der Waals surface area contributed by atoms with Crippen molar-refractivity contribution in [3.8, 4) is 0 Å². The molecule has 1 heterocycles. The van der Waals surface area contributed by atoms with Gasteiger partial charge in [0.2, 0.25) is 5.91 Å². The second-order valence-electron chi connectivity index (χ2n) is 3.90. The zero-order valence-corrected chi connectivity index (χ0v) is 12.0. The monoisotopic (exact) mass is 309 g/mol. The number of carbonyl (C=O) groups is 1. The SMILES string of the molecule is O=C(CSc1nccc(=O)[nH]1)NCc1ccccc1Cl. The summed E-state index contributed by atoms with van der Waals surface area (Å²) in [5, 5.41) is 3.80. The molecule has 0 spiro atoms. The number of nitrogens with one attached hydrogen (secondary N) is 2. The lowest BCUT2D eigenvalue weighted by atomic mass is 10.2. The lowest BCUT2D eigenvalue weighted by Gasteiger charge is -2.06. The largest absolute Gasteiger partial charge is 0.351 e. The molecule has 0 unspecified atom stereocenters. The molecule has 2 rings (SSSR count). The van der Waals surface area contributed by atoms with E-state index in [2.05, 4.69) is 15.3 Å². The number of halogens is 1. The van der Waals surface area contributed by atoms with E-state index in [0.717, 1.165) is 5.56 Å². The maximum Gasteiger partial charge on any atom is 0.251 e. The number of hydrogen-bond donors (Lipinski definition) is 2. The third-order valence-corrected chi connectivity index (χ3v) is 3.68. The number of aromatic amines is 1. The predicted molar refractivity (Wildman–Crippen MR) is 78.9 cm³/mol. The van der Waals surface area contributed by atoms with Crippen molar-refractivity contribution in [3.63, 3.8) is 0 Å². The minimum atomic E-state index is -0.237. The number of carbonyl (C=O) groups excluding carboxylic acids is 1. The van der Waals surface area contributed by atoms with Crippen LogP contribution in [0.4, 0.5) is 0 Å². The molecule has 0 bridgehead atoms. The van der Waals surface area contributed by atoms with Crippen molar-refractivity contribution < 1.29 is 4.79 Å². The van der Waals surface area contributed by atoms with Crippen molar-refractivity contribution in [1.82, 2.24) is 15.3 Å². The molecule has 0 saturated heterocycles. The lowest BCUT2D eigenvalue weighted by molar-refractivity contribution is -0.118. The molecule has 0 aliphatic carbocycles. The van der Waals surface area contributed by atoms with Crippen molar-refractivity contribution >= 4 is 29.3 Å². The summed E-state index contributed by atoms with van der Waals surface area (Å²) in [6.45, 7) is 0.373. The first-order chi connectivity index (χ1) is 9.65. The number of thioether (sulfide) groups is 1. The first-order valence-electron chi connectivity index (χ1n) is 5.83. The molecule has 104 valence electrons. The quantitative estimate of drug-likeness (QED) is 0.653. The second kappa shape index (κ2) is 7.12. The van der Waals surface area contributed by atoms with Gasteiger partial charge in [-0.1, -0.05) is 41.6 Å². The third-order valence-electron chi connectivity index (χ3n) is 2.42. The number of hydrogen-bond acceptors (Lipinski definition) is 4. The van der Waals surface area contributed by atoms with Crippen LogP contribution in [-0.4, -0.2) is 21.6 Å². The Morgan fingerprint density at radius 1 is 1.35 bits per heavy atom. The molecule has 0 saturated carbocycles. The highest BCUT2D eigenvalue weighted by Crippen LogP contribution is 2.14. The van der Waals surface area contributed by atoms with Gasteiger partial charge in [-0.2, -0.15) is 0 Å². The number of nitrogens with zero attached hydrogens (tertiary/aromatic N) is 1. The maximum absolute atomic E-state index is 11.7. The van der Waals surface area contributed by atoms with E-state index < -0.39 is 0 Å². The topological polar surface area (TPSA) is 74.8 Å². The minimum absolute atomic E-state index is 0.151. The van der Waals surface area contributed by atoms with Gasteiger partial charge in [-0.25, -0.2) is 4.98 Å². The predicted octanol–water partition coefficient (Wildman–Crippen LogP) is 1.83. The van der Waals surface area contributed by atoms with E-state index in [1.54, 1.807) is 6.07 Å². The fourth-order valence-electron chi connectivity index (χ4n) is 1.45. The van der Waals surface area contributed by atoms with Crippen LogP contribution in [0.25, 0.3) is 0 Å². The molecule has 0 fully saturated rings. The van der Waals surface area contributed by atoms with Gasteiger partial charge in [0.25, 0.3) is 5.56 Å². The summed E-state index contributed by atoms with van der Waals surface area (Å²) in [4.78, 5) is 29.2. The van der Waals surface area contributed by atoms with Crippen LogP contribution < -0.4 is 10.9 Å². The lowest BCUT2D eigenvalue weighted by Crippen LogP contribution is -2.25. The van der Waals surface area contributed by atoms with Crippen LogP contribution in [0.15, 0.2) is 46.5 Å². The highest BCUT2D eigenvalue weighted by molar-refractivity contribution is 7.99. The van der Waals surface area contributed by atoms with Gasteiger partial charge in [0.05, 0.1) is 5.75 Å². The zero-order chi connectivity index (χ0) is 14.4. The molecule has 1 aromatic carbocycles. The van der Waals surface area contributed by atoms with E-state index in [1.165, 1.54) is 24.0 Å². The highest BCUT2D eigenvalue weighted by Gasteiger charge is 2.05. The average Bonchev–Trinajstić information content (AvgIpc) is 2.44. The van der Waals surface area contributed by atoms with E-state index in [9.17, 15) is 9.59 Å². The Balaban J connectivity index is 1.82. The molecule has 5 nitrogen and oxygen atoms in total. The Labute approximate surface area is 124 Å². The molecule has 1 amide bonds. The van der Waals surface area contributed by atoms with Crippen LogP contribution in [0.1, 0.15) is 5.56 Å². The van der Waals surface area contributed by atoms with Crippen molar-refractivity contribution in [2.24, 2.45) is 0 Å². The van der Waals surface area contributed by atoms with Crippen molar-refractivity contribution in [3.05, 3.63) is 57.5 Å². The first kappa shape index (κ1) is 14.6. The first-order valence-corrected chi connectivity index (χ1v) is 7.20. The second-order valence-corrected chi connectivity index (χ2v) is 5.27. The Kier molecular flexibility index (Phi) is 5.20. The van der Waals surface area contributed by atoms with E-state index in [-0.39, 0.29) is 17.2 Å². The summed E-state index contributed by atoms with van der Waals surface area (Å²) >= 11 is 7.16. The van der Waals surface area contributed by atoms with Crippen LogP contribution in [0.5, 0.6) is 0 Å². The molecular weight excluding hydrogens is 298 g/mol. The standard InChI is InChI=1S/C13H12ClN3O2S/c14-10-4-2-1-3-9(10)7-16-12(19)8-20-13-15-6-5-11(18)17-13/h1-6H,7-8H2,(H,16,19)(H,15,17,18). The summed E-state index contributed by atoms with van der Waals surface area (Å²) in [5.41, 5.74) is 0.623. The fourth-order valence-corrected chi connectivity index (χ4v) is 2.33. The molecule has 0 atom stereocenters. The smallest absolute Gasteiger partial charge is 0.251 e.